The van der Waals surface area contributed by atoms with E-state index in [0.717, 1.165) is 11.1 Å². The molecule has 1 rings (SSSR count). The minimum absolute atomic E-state index is 0.0534. The van der Waals surface area contributed by atoms with Crippen molar-refractivity contribution < 1.29 is 9.76 Å². The standard InChI is InChI=1S/C8H10N2O3/c1-6-2-3-8(10(11)12)4-7(6)5-13-9/h2-4H,5,9H2,1H3. The van der Waals surface area contributed by atoms with Gasteiger partial charge in [0, 0.05) is 12.1 Å². The molecule has 0 aliphatic rings. The molecule has 0 heterocycles. The van der Waals surface area contributed by atoms with Gasteiger partial charge >= 0.3 is 0 Å². The molecule has 0 fully saturated rings. The molecule has 0 amide bonds. The molecule has 1 aromatic carbocycles. The Morgan fingerprint density at radius 1 is 1.62 bits per heavy atom. The zero-order chi connectivity index (χ0) is 9.84. The summed E-state index contributed by atoms with van der Waals surface area (Å²) in [5, 5.41) is 10.4. The van der Waals surface area contributed by atoms with Crippen LogP contribution in [0.1, 0.15) is 11.1 Å². The van der Waals surface area contributed by atoms with E-state index in [9.17, 15) is 10.1 Å². The number of rotatable bonds is 3. The summed E-state index contributed by atoms with van der Waals surface area (Å²) in [7, 11) is 0. The number of nitro benzene ring substituents is 1. The van der Waals surface area contributed by atoms with Crippen molar-refractivity contribution >= 4 is 5.69 Å². The Hall–Kier alpha value is -1.46. The first-order valence-corrected chi connectivity index (χ1v) is 3.70. The smallest absolute Gasteiger partial charge is 0.269 e. The molecule has 0 atom stereocenters. The third-order valence-corrected chi connectivity index (χ3v) is 1.78. The zero-order valence-corrected chi connectivity index (χ0v) is 7.19. The van der Waals surface area contributed by atoms with Crippen LogP contribution in [0.3, 0.4) is 0 Å². The van der Waals surface area contributed by atoms with Crippen LogP contribution in [0.2, 0.25) is 0 Å². The van der Waals surface area contributed by atoms with Gasteiger partial charge in [-0.1, -0.05) is 6.07 Å². The summed E-state index contributed by atoms with van der Waals surface area (Å²) in [4.78, 5) is 14.4. The summed E-state index contributed by atoms with van der Waals surface area (Å²) in [5.41, 5.74) is 1.71. The normalized spacial score (nSPS) is 10.0. The lowest BCUT2D eigenvalue weighted by molar-refractivity contribution is -0.385. The highest BCUT2D eigenvalue weighted by Crippen LogP contribution is 2.17. The minimum Gasteiger partial charge on any atom is -0.300 e. The van der Waals surface area contributed by atoms with Gasteiger partial charge in [0.15, 0.2) is 0 Å². The van der Waals surface area contributed by atoms with Crippen molar-refractivity contribution in [2.45, 2.75) is 13.5 Å². The number of hydrogen-bond acceptors (Lipinski definition) is 4. The Morgan fingerprint density at radius 3 is 2.85 bits per heavy atom. The highest BCUT2D eigenvalue weighted by molar-refractivity contribution is 5.38. The van der Waals surface area contributed by atoms with Gasteiger partial charge in [-0.15, -0.1) is 0 Å². The molecular weight excluding hydrogens is 172 g/mol. The molecule has 5 nitrogen and oxygen atoms in total. The van der Waals surface area contributed by atoms with Crippen molar-refractivity contribution in [3.8, 4) is 0 Å². The molecule has 0 aliphatic carbocycles. The third kappa shape index (κ3) is 2.24. The number of hydrogen-bond donors (Lipinski definition) is 1. The van der Waals surface area contributed by atoms with Gasteiger partial charge in [0.2, 0.25) is 0 Å². The van der Waals surface area contributed by atoms with Gasteiger partial charge in [-0.05, 0) is 18.1 Å². The summed E-state index contributed by atoms with van der Waals surface area (Å²) < 4.78 is 0. The van der Waals surface area contributed by atoms with Crippen LogP contribution < -0.4 is 5.90 Å². The van der Waals surface area contributed by atoms with E-state index in [0.29, 0.717) is 0 Å². The lowest BCUT2D eigenvalue weighted by atomic mass is 10.1. The second-order valence-corrected chi connectivity index (χ2v) is 2.68. The molecule has 0 spiro atoms. The van der Waals surface area contributed by atoms with Gasteiger partial charge in [-0.2, -0.15) is 0 Å². The van der Waals surface area contributed by atoms with E-state index in [4.69, 9.17) is 5.90 Å². The molecule has 2 N–H and O–H groups in total. The molecule has 0 aromatic heterocycles. The second-order valence-electron chi connectivity index (χ2n) is 2.68. The van der Waals surface area contributed by atoms with Gasteiger partial charge < -0.3 is 0 Å². The number of non-ortho nitro benzene ring substituents is 1. The Kier molecular flexibility index (Phi) is 2.94. The van der Waals surface area contributed by atoms with Crippen LogP contribution in [-0.2, 0) is 11.4 Å². The molecule has 0 unspecified atom stereocenters. The van der Waals surface area contributed by atoms with Crippen molar-refractivity contribution in [3.63, 3.8) is 0 Å². The molecular formula is C8H10N2O3. The maximum atomic E-state index is 10.4. The van der Waals surface area contributed by atoms with E-state index >= 15 is 0 Å². The van der Waals surface area contributed by atoms with Gasteiger partial charge in [-0.3, -0.25) is 15.0 Å². The van der Waals surface area contributed by atoms with Gasteiger partial charge in [0.1, 0.15) is 0 Å². The number of aryl methyl sites for hydroxylation is 1. The topological polar surface area (TPSA) is 78.4 Å². The number of benzene rings is 1. The van der Waals surface area contributed by atoms with Crippen molar-refractivity contribution in [1.82, 2.24) is 0 Å². The third-order valence-electron chi connectivity index (χ3n) is 1.78. The van der Waals surface area contributed by atoms with Crippen LogP contribution >= 0.6 is 0 Å². The quantitative estimate of drug-likeness (QED) is 0.564. The van der Waals surface area contributed by atoms with Crippen LogP contribution in [0.15, 0.2) is 18.2 Å². The summed E-state index contributed by atoms with van der Waals surface area (Å²) in [6.45, 7) is 2.03. The fraction of sp³-hybridized carbons (Fsp3) is 0.250. The van der Waals surface area contributed by atoms with Crippen LogP contribution in [-0.4, -0.2) is 4.92 Å². The average Bonchev–Trinajstić information content (AvgIpc) is 2.08. The highest BCUT2D eigenvalue weighted by atomic mass is 16.6. The van der Waals surface area contributed by atoms with Crippen molar-refractivity contribution in [1.29, 1.82) is 0 Å². The largest absolute Gasteiger partial charge is 0.300 e. The predicted octanol–water partition coefficient (Wildman–Crippen LogP) is 1.29. The Bertz CT molecular complexity index is 325. The molecule has 0 saturated heterocycles. The second kappa shape index (κ2) is 3.97. The summed E-state index contributed by atoms with van der Waals surface area (Å²) in [6.07, 6.45) is 0. The monoisotopic (exact) mass is 182 g/mol. The molecule has 0 bridgehead atoms. The number of nitrogens with two attached hydrogens (primary N) is 1. The summed E-state index contributed by atoms with van der Waals surface area (Å²) in [5.74, 6) is 4.89. The maximum Gasteiger partial charge on any atom is 0.269 e. The SMILES string of the molecule is Cc1ccc([N+](=O)[O-])cc1CON. The molecule has 0 aliphatic heterocycles. The number of nitrogens with zero attached hydrogens (tertiary/aromatic N) is 1. The van der Waals surface area contributed by atoms with E-state index in [1.165, 1.54) is 12.1 Å². The van der Waals surface area contributed by atoms with Crippen LogP contribution in [0.4, 0.5) is 5.69 Å². The van der Waals surface area contributed by atoms with Crippen molar-refractivity contribution in [2.75, 3.05) is 0 Å². The van der Waals surface area contributed by atoms with Crippen LogP contribution in [0.25, 0.3) is 0 Å². The predicted molar refractivity (Wildman–Crippen MR) is 46.8 cm³/mol. The molecule has 13 heavy (non-hydrogen) atoms. The first-order chi connectivity index (χ1) is 6.15. The van der Waals surface area contributed by atoms with E-state index in [2.05, 4.69) is 4.84 Å². The Balaban J connectivity index is 3.03. The molecule has 70 valence electrons. The van der Waals surface area contributed by atoms with E-state index in [1.54, 1.807) is 6.07 Å². The number of nitro groups is 1. The van der Waals surface area contributed by atoms with E-state index in [-0.39, 0.29) is 12.3 Å². The van der Waals surface area contributed by atoms with Crippen LogP contribution in [0.5, 0.6) is 0 Å². The van der Waals surface area contributed by atoms with E-state index < -0.39 is 4.92 Å². The summed E-state index contributed by atoms with van der Waals surface area (Å²) in [6, 6.07) is 4.59. The van der Waals surface area contributed by atoms with E-state index in [1.807, 2.05) is 6.92 Å². The first kappa shape index (κ1) is 9.63. The Morgan fingerprint density at radius 2 is 2.31 bits per heavy atom. The fourth-order valence-corrected chi connectivity index (χ4v) is 1.02. The van der Waals surface area contributed by atoms with Crippen molar-refractivity contribution in [2.24, 2.45) is 5.90 Å². The highest BCUT2D eigenvalue weighted by Gasteiger charge is 2.07. The fourth-order valence-electron chi connectivity index (χ4n) is 1.02. The lowest BCUT2D eigenvalue weighted by Crippen LogP contribution is -2.01. The van der Waals surface area contributed by atoms with Crippen molar-refractivity contribution in [3.05, 3.63) is 39.4 Å². The average molecular weight is 182 g/mol. The van der Waals surface area contributed by atoms with Gasteiger partial charge in [-0.25, -0.2) is 5.90 Å². The molecule has 0 saturated carbocycles. The summed E-state index contributed by atoms with van der Waals surface area (Å²) >= 11 is 0. The van der Waals surface area contributed by atoms with Gasteiger partial charge in [0.25, 0.3) is 5.69 Å². The van der Waals surface area contributed by atoms with Gasteiger partial charge in [0.05, 0.1) is 11.5 Å². The zero-order valence-electron chi connectivity index (χ0n) is 7.19. The first-order valence-electron chi connectivity index (χ1n) is 3.70. The molecule has 0 radical (unpaired) electrons. The Labute approximate surface area is 75.2 Å². The maximum absolute atomic E-state index is 10.4. The lowest BCUT2D eigenvalue weighted by Gasteiger charge is -2.02. The van der Waals surface area contributed by atoms with Crippen LogP contribution in [0, 0.1) is 17.0 Å². The minimum atomic E-state index is -0.445. The molecule has 1 aromatic rings. The molecule has 5 heteroatoms.